The average molecular weight is 299 g/mol. The lowest BCUT2D eigenvalue weighted by atomic mass is 10.0. The van der Waals surface area contributed by atoms with Crippen molar-refractivity contribution in [3.63, 3.8) is 0 Å². The molecule has 2 rings (SSSR count). The van der Waals surface area contributed by atoms with E-state index < -0.39 is 0 Å². The zero-order chi connectivity index (χ0) is 15.9. The van der Waals surface area contributed by atoms with E-state index >= 15 is 0 Å². The van der Waals surface area contributed by atoms with Crippen LogP contribution < -0.4 is 5.32 Å². The van der Waals surface area contributed by atoms with Crippen LogP contribution in [0.2, 0.25) is 0 Å². The maximum absolute atomic E-state index is 9.80. The summed E-state index contributed by atoms with van der Waals surface area (Å²) in [5, 5.41) is 13.2. The lowest BCUT2D eigenvalue weighted by molar-refractivity contribution is 0.459. The smallest absolute Gasteiger partial charge is 0.223 e. The van der Waals surface area contributed by atoms with E-state index in [2.05, 4.69) is 46.5 Å². The fourth-order valence-corrected chi connectivity index (χ4v) is 2.54. The standard InChI is InChI=1S/C18H25N3O/c1-4-5-7-12-16(15-10-8-6-9-11-15)21-18-19-13(2)17(22)14(3)20-18/h6,8-11,16,22H,4-5,7,12H2,1-3H3,(H,19,20,21). The number of aryl methyl sites for hydroxylation is 2. The summed E-state index contributed by atoms with van der Waals surface area (Å²) < 4.78 is 0. The van der Waals surface area contributed by atoms with Crippen LogP contribution in [0.4, 0.5) is 5.95 Å². The first kappa shape index (κ1) is 16.3. The van der Waals surface area contributed by atoms with Crippen molar-refractivity contribution in [1.82, 2.24) is 9.97 Å². The molecule has 0 radical (unpaired) electrons. The Balaban J connectivity index is 2.19. The molecule has 1 unspecified atom stereocenters. The zero-order valence-corrected chi connectivity index (χ0v) is 13.6. The van der Waals surface area contributed by atoms with Gasteiger partial charge in [-0.05, 0) is 25.8 Å². The third-order valence-electron chi connectivity index (χ3n) is 3.83. The molecule has 1 atom stereocenters. The lowest BCUT2D eigenvalue weighted by Crippen LogP contribution is -2.14. The van der Waals surface area contributed by atoms with Gasteiger partial charge in [-0.3, -0.25) is 0 Å². The molecule has 0 aliphatic carbocycles. The highest BCUT2D eigenvalue weighted by atomic mass is 16.3. The molecule has 22 heavy (non-hydrogen) atoms. The maximum atomic E-state index is 9.80. The van der Waals surface area contributed by atoms with Gasteiger partial charge in [-0.2, -0.15) is 0 Å². The average Bonchev–Trinajstić information content (AvgIpc) is 2.52. The molecular weight excluding hydrogens is 274 g/mol. The molecule has 4 heteroatoms. The highest BCUT2D eigenvalue weighted by Crippen LogP contribution is 2.25. The molecule has 0 saturated heterocycles. The summed E-state index contributed by atoms with van der Waals surface area (Å²) in [5.74, 6) is 0.756. The number of aromatic hydroxyl groups is 1. The van der Waals surface area contributed by atoms with Gasteiger partial charge in [0.15, 0.2) is 5.75 Å². The summed E-state index contributed by atoms with van der Waals surface area (Å²) in [6, 6.07) is 10.6. The van der Waals surface area contributed by atoms with Crippen molar-refractivity contribution in [1.29, 1.82) is 0 Å². The van der Waals surface area contributed by atoms with Gasteiger partial charge >= 0.3 is 0 Å². The molecule has 0 spiro atoms. The van der Waals surface area contributed by atoms with Crippen LogP contribution >= 0.6 is 0 Å². The van der Waals surface area contributed by atoms with Crippen molar-refractivity contribution >= 4 is 5.95 Å². The van der Waals surface area contributed by atoms with Gasteiger partial charge in [0, 0.05) is 0 Å². The topological polar surface area (TPSA) is 58.0 Å². The van der Waals surface area contributed by atoms with Crippen LogP contribution in [-0.4, -0.2) is 15.1 Å². The summed E-state index contributed by atoms with van der Waals surface area (Å²) in [5.41, 5.74) is 2.45. The van der Waals surface area contributed by atoms with Gasteiger partial charge in [-0.15, -0.1) is 0 Å². The van der Waals surface area contributed by atoms with Gasteiger partial charge in [0.25, 0.3) is 0 Å². The highest BCUT2D eigenvalue weighted by molar-refractivity contribution is 5.39. The molecule has 1 aromatic heterocycles. The summed E-state index contributed by atoms with van der Waals surface area (Å²) in [6.07, 6.45) is 4.63. The highest BCUT2D eigenvalue weighted by Gasteiger charge is 2.14. The minimum Gasteiger partial charge on any atom is -0.504 e. The zero-order valence-electron chi connectivity index (χ0n) is 13.6. The maximum Gasteiger partial charge on any atom is 0.223 e. The third-order valence-corrected chi connectivity index (χ3v) is 3.83. The molecule has 0 fully saturated rings. The largest absolute Gasteiger partial charge is 0.504 e. The number of hydrogen-bond acceptors (Lipinski definition) is 4. The van der Waals surface area contributed by atoms with E-state index in [4.69, 9.17) is 0 Å². The second kappa shape index (κ2) is 7.78. The molecule has 1 heterocycles. The molecule has 0 bridgehead atoms. The first-order valence-electron chi connectivity index (χ1n) is 7.97. The Kier molecular flexibility index (Phi) is 5.75. The van der Waals surface area contributed by atoms with Gasteiger partial charge in [0.1, 0.15) is 0 Å². The summed E-state index contributed by atoms with van der Waals surface area (Å²) in [4.78, 5) is 8.71. The number of rotatable bonds is 7. The lowest BCUT2D eigenvalue weighted by Gasteiger charge is -2.20. The predicted molar refractivity (Wildman–Crippen MR) is 90.1 cm³/mol. The minimum absolute atomic E-state index is 0.174. The Morgan fingerprint density at radius 3 is 2.27 bits per heavy atom. The Bertz CT molecular complexity index is 576. The van der Waals surface area contributed by atoms with Crippen molar-refractivity contribution in [3.8, 4) is 5.75 Å². The second-order valence-corrected chi connectivity index (χ2v) is 5.67. The molecular formula is C18H25N3O. The van der Waals surface area contributed by atoms with Crippen LogP contribution in [-0.2, 0) is 0 Å². The van der Waals surface area contributed by atoms with Gasteiger partial charge in [0.2, 0.25) is 5.95 Å². The van der Waals surface area contributed by atoms with Gasteiger partial charge in [-0.25, -0.2) is 9.97 Å². The number of nitrogens with one attached hydrogen (secondary N) is 1. The fourth-order valence-electron chi connectivity index (χ4n) is 2.54. The number of unbranched alkanes of at least 4 members (excludes halogenated alkanes) is 2. The number of benzene rings is 1. The SMILES string of the molecule is CCCCCC(Nc1nc(C)c(O)c(C)n1)c1ccccc1. The van der Waals surface area contributed by atoms with Crippen molar-refractivity contribution in [2.75, 3.05) is 5.32 Å². The third kappa shape index (κ3) is 4.20. The number of nitrogens with zero attached hydrogens (tertiary/aromatic N) is 2. The van der Waals surface area contributed by atoms with E-state index in [1.807, 2.05) is 6.07 Å². The monoisotopic (exact) mass is 299 g/mol. The molecule has 0 aliphatic rings. The van der Waals surface area contributed by atoms with Crippen LogP contribution in [0.3, 0.4) is 0 Å². The van der Waals surface area contributed by atoms with E-state index in [9.17, 15) is 5.11 Å². The van der Waals surface area contributed by atoms with Crippen molar-refractivity contribution in [3.05, 3.63) is 47.3 Å². The van der Waals surface area contributed by atoms with Crippen molar-refractivity contribution in [2.24, 2.45) is 0 Å². The molecule has 4 nitrogen and oxygen atoms in total. The molecule has 0 amide bonds. The van der Waals surface area contributed by atoms with Crippen LogP contribution in [0.5, 0.6) is 5.75 Å². The quantitative estimate of drug-likeness (QED) is 0.737. The molecule has 2 N–H and O–H groups in total. The summed E-state index contributed by atoms with van der Waals surface area (Å²) in [7, 11) is 0. The molecule has 2 aromatic rings. The Morgan fingerprint density at radius 1 is 1.05 bits per heavy atom. The number of anilines is 1. The molecule has 0 aliphatic heterocycles. The van der Waals surface area contributed by atoms with E-state index in [0.29, 0.717) is 17.3 Å². The Hall–Kier alpha value is -2.10. The molecule has 1 aromatic carbocycles. The van der Waals surface area contributed by atoms with Crippen molar-refractivity contribution in [2.45, 2.75) is 52.5 Å². The Labute approximate surface area is 132 Å². The first-order chi connectivity index (χ1) is 10.6. The number of aromatic nitrogens is 2. The number of hydrogen-bond donors (Lipinski definition) is 2. The second-order valence-electron chi connectivity index (χ2n) is 5.67. The first-order valence-corrected chi connectivity index (χ1v) is 7.97. The Morgan fingerprint density at radius 2 is 1.68 bits per heavy atom. The molecule has 118 valence electrons. The molecule has 0 saturated carbocycles. The van der Waals surface area contributed by atoms with Crippen LogP contribution in [0.1, 0.15) is 55.6 Å². The van der Waals surface area contributed by atoms with E-state index in [1.165, 1.54) is 24.8 Å². The van der Waals surface area contributed by atoms with Crippen molar-refractivity contribution < 1.29 is 5.11 Å². The van der Waals surface area contributed by atoms with Gasteiger partial charge in [-0.1, -0.05) is 56.5 Å². The summed E-state index contributed by atoms with van der Waals surface area (Å²) >= 11 is 0. The van der Waals surface area contributed by atoms with E-state index in [-0.39, 0.29) is 11.8 Å². The van der Waals surface area contributed by atoms with E-state index in [0.717, 1.165) is 6.42 Å². The van der Waals surface area contributed by atoms with Crippen LogP contribution in [0.25, 0.3) is 0 Å². The van der Waals surface area contributed by atoms with Gasteiger partial charge in [0.05, 0.1) is 17.4 Å². The van der Waals surface area contributed by atoms with E-state index in [1.54, 1.807) is 13.8 Å². The predicted octanol–water partition coefficient (Wildman–Crippen LogP) is 4.53. The van der Waals surface area contributed by atoms with Gasteiger partial charge < -0.3 is 10.4 Å². The summed E-state index contributed by atoms with van der Waals surface area (Å²) in [6.45, 7) is 5.80. The normalized spacial score (nSPS) is 12.1. The van der Waals surface area contributed by atoms with Crippen LogP contribution in [0.15, 0.2) is 30.3 Å². The minimum atomic E-state index is 0.174. The van der Waals surface area contributed by atoms with Crippen LogP contribution in [0, 0.1) is 13.8 Å². The fraction of sp³-hybridized carbons (Fsp3) is 0.444.